The highest BCUT2D eigenvalue weighted by molar-refractivity contribution is 5.96. The average molecular weight is 373 g/mol. The molecule has 2 rings (SSSR count). The lowest BCUT2D eigenvalue weighted by atomic mass is 9.95. The lowest BCUT2D eigenvalue weighted by Crippen LogP contribution is -2.61. The number of hydrogen-bond acceptors (Lipinski definition) is 3. The smallest absolute Gasteiger partial charge is 0.247 e. The van der Waals surface area contributed by atoms with E-state index in [-0.39, 0.29) is 17.9 Å². The summed E-state index contributed by atoms with van der Waals surface area (Å²) in [5.74, 6) is 1.43. The maximum absolute atomic E-state index is 12.9. The molecule has 5 nitrogen and oxygen atoms in total. The van der Waals surface area contributed by atoms with Crippen LogP contribution in [0.3, 0.4) is 0 Å². The fourth-order valence-electron chi connectivity index (χ4n) is 3.45. The molecule has 0 radical (unpaired) electrons. The van der Waals surface area contributed by atoms with Crippen molar-refractivity contribution in [1.82, 2.24) is 10.2 Å². The Morgan fingerprint density at radius 2 is 1.81 bits per heavy atom. The molecule has 1 aliphatic heterocycles. The van der Waals surface area contributed by atoms with Gasteiger partial charge in [-0.1, -0.05) is 39.8 Å². The molecule has 1 heterocycles. The number of hydrogen-bond donors (Lipinski definition) is 1. The number of piperazine rings is 1. The molecule has 1 fully saturated rings. The van der Waals surface area contributed by atoms with E-state index in [9.17, 15) is 9.59 Å². The summed E-state index contributed by atoms with van der Waals surface area (Å²) in [6, 6.07) is 7.13. The molecule has 0 unspecified atom stereocenters. The molecule has 1 aromatic rings. The fourth-order valence-corrected chi connectivity index (χ4v) is 3.45. The maximum atomic E-state index is 12.9. The number of nitrogens with zero attached hydrogens (tertiary/aromatic N) is 1. The summed E-state index contributed by atoms with van der Waals surface area (Å²) in [7, 11) is 1.62. The first-order valence-corrected chi connectivity index (χ1v) is 9.73. The van der Waals surface area contributed by atoms with E-state index < -0.39 is 6.04 Å². The Hall–Kier alpha value is -2.30. The van der Waals surface area contributed by atoms with Gasteiger partial charge in [-0.05, 0) is 48.4 Å². The van der Waals surface area contributed by atoms with Crippen LogP contribution in [0.2, 0.25) is 0 Å². The van der Waals surface area contributed by atoms with Gasteiger partial charge in [0.15, 0.2) is 0 Å². The molecular formula is C22H32N2O3. The first-order chi connectivity index (χ1) is 12.8. The second-order valence-corrected chi connectivity index (χ2v) is 8.08. The summed E-state index contributed by atoms with van der Waals surface area (Å²) in [4.78, 5) is 27.3. The van der Waals surface area contributed by atoms with Crippen LogP contribution in [0.4, 0.5) is 0 Å². The molecule has 1 aliphatic rings. The van der Waals surface area contributed by atoms with E-state index in [2.05, 4.69) is 33.0 Å². The van der Waals surface area contributed by atoms with Gasteiger partial charge in [0.2, 0.25) is 11.8 Å². The van der Waals surface area contributed by atoms with Gasteiger partial charge < -0.3 is 15.0 Å². The monoisotopic (exact) mass is 372 g/mol. The van der Waals surface area contributed by atoms with Crippen LogP contribution in [0.25, 0.3) is 6.08 Å². The standard InChI is InChI=1S/C22H32N2O3/c1-15(2)12-18-14-24(20(13-16(3)4)22(26)23-18)21(25)11-8-17-6-9-19(27-5)10-7-17/h6-11,15-16,18,20H,12-14H2,1-5H3,(H,23,26)/b11-8+/t18-,20-/m0/s1. The topological polar surface area (TPSA) is 58.6 Å². The number of benzene rings is 1. The third-order valence-electron chi connectivity index (χ3n) is 4.71. The first-order valence-electron chi connectivity index (χ1n) is 9.73. The Labute approximate surface area is 162 Å². The quantitative estimate of drug-likeness (QED) is 0.745. The fraction of sp³-hybridized carbons (Fsp3) is 0.545. The molecule has 2 atom stereocenters. The molecule has 2 amide bonds. The molecule has 1 saturated heterocycles. The van der Waals surface area contributed by atoms with E-state index in [0.717, 1.165) is 17.7 Å². The van der Waals surface area contributed by atoms with E-state index >= 15 is 0 Å². The van der Waals surface area contributed by atoms with E-state index in [4.69, 9.17) is 4.74 Å². The van der Waals surface area contributed by atoms with Gasteiger partial charge in [0.25, 0.3) is 0 Å². The van der Waals surface area contributed by atoms with Gasteiger partial charge in [-0.25, -0.2) is 0 Å². The molecular weight excluding hydrogens is 340 g/mol. The van der Waals surface area contributed by atoms with Crippen molar-refractivity contribution < 1.29 is 14.3 Å². The zero-order valence-electron chi connectivity index (χ0n) is 17.1. The Bertz CT molecular complexity index is 665. The van der Waals surface area contributed by atoms with E-state index in [1.807, 2.05) is 24.3 Å². The van der Waals surface area contributed by atoms with Crippen LogP contribution >= 0.6 is 0 Å². The van der Waals surface area contributed by atoms with Gasteiger partial charge in [-0.3, -0.25) is 9.59 Å². The Kier molecular flexibility index (Phi) is 7.45. The lowest BCUT2D eigenvalue weighted by Gasteiger charge is -2.40. The molecule has 0 bridgehead atoms. The number of nitrogens with one attached hydrogen (secondary N) is 1. The molecule has 0 aliphatic carbocycles. The van der Waals surface area contributed by atoms with Crippen LogP contribution < -0.4 is 10.1 Å². The minimum atomic E-state index is -0.401. The summed E-state index contributed by atoms with van der Waals surface area (Å²) in [6.45, 7) is 8.96. The minimum absolute atomic E-state index is 0.0132. The number of carbonyl (C=O) groups excluding carboxylic acids is 2. The molecule has 1 N–H and O–H groups in total. The highest BCUT2D eigenvalue weighted by Gasteiger charge is 2.36. The molecule has 0 aromatic heterocycles. The third-order valence-corrected chi connectivity index (χ3v) is 4.71. The van der Waals surface area contributed by atoms with Crippen molar-refractivity contribution in [2.24, 2.45) is 11.8 Å². The number of amides is 2. The van der Waals surface area contributed by atoms with Crippen LogP contribution in [0.1, 0.15) is 46.1 Å². The van der Waals surface area contributed by atoms with Crippen molar-refractivity contribution in [3.63, 3.8) is 0 Å². The van der Waals surface area contributed by atoms with Crippen molar-refractivity contribution in [2.45, 2.75) is 52.6 Å². The van der Waals surface area contributed by atoms with Crippen LogP contribution in [0.5, 0.6) is 5.75 Å². The molecule has 0 saturated carbocycles. The predicted molar refractivity (Wildman–Crippen MR) is 108 cm³/mol. The number of rotatable bonds is 7. The maximum Gasteiger partial charge on any atom is 0.247 e. The van der Waals surface area contributed by atoms with Gasteiger partial charge >= 0.3 is 0 Å². The Balaban J connectivity index is 2.15. The number of ether oxygens (including phenoxy) is 1. The normalized spacial score (nSPS) is 20.4. The van der Waals surface area contributed by atoms with Crippen molar-refractivity contribution in [2.75, 3.05) is 13.7 Å². The van der Waals surface area contributed by atoms with Crippen LogP contribution in [-0.4, -0.2) is 42.5 Å². The largest absolute Gasteiger partial charge is 0.497 e. The molecule has 0 spiro atoms. The summed E-state index contributed by atoms with van der Waals surface area (Å²) < 4.78 is 5.15. The molecule has 27 heavy (non-hydrogen) atoms. The minimum Gasteiger partial charge on any atom is -0.497 e. The highest BCUT2D eigenvalue weighted by Crippen LogP contribution is 2.20. The number of carbonyl (C=O) groups is 2. The van der Waals surface area contributed by atoms with E-state index in [0.29, 0.717) is 24.8 Å². The van der Waals surface area contributed by atoms with Gasteiger partial charge in [0.05, 0.1) is 7.11 Å². The van der Waals surface area contributed by atoms with E-state index in [1.54, 1.807) is 24.2 Å². The summed E-state index contributed by atoms with van der Waals surface area (Å²) >= 11 is 0. The summed E-state index contributed by atoms with van der Waals surface area (Å²) in [5, 5.41) is 3.10. The van der Waals surface area contributed by atoms with Crippen LogP contribution in [0.15, 0.2) is 30.3 Å². The lowest BCUT2D eigenvalue weighted by molar-refractivity contribution is -0.142. The van der Waals surface area contributed by atoms with Crippen molar-refractivity contribution in [3.05, 3.63) is 35.9 Å². The average Bonchev–Trinajstić information content (AvgIpc) is 2.61. The number of methoxy groups -OCH3 is 1. The van der Waals surface area contributed by atoms with Crippen molar-refractivity contribution in [1.29, 1.82) is 0 Å². The van der Waals surface area contributed by atoms with Gasteiger partial charge in [-0.15, -0.1) is 0 Å². The van der Waals surface area contributed by atoms with Gasteiger partial charge in [-0.2, -0.15) is 0 Å². The van der Waals surface area contributed by atoms with Crippen molar-refractivity contribution in [3.8, 4) is 5.75 Å². The van der Waals surface area contributed by atoms with Crippen molar-refractivity contribution >= 4 is 17.9 Å². The van der Waals surface area contributed by atoms with Crippen LogP contribution in [0, 0.1) is 11.8 Å². The van der Waals surface area contributed by atoms with Gasteiger partial charge in [0.1, 0.15) is 11.8 Å². The Morgan fingerprint density at radius 3 is 2.37 bits per heavy atom. The second kappa shape index (κ2) is 9.58. The SMILES string of the molecule is COc1ccc(/C=C/C(=O)N2C[C@H](CC(C)C)NC(=O)[C@@H]2CC(C)C)cc1. The van der Waals surface area contributed by atoms with Gasteiger partial charge in [0, 0.05) is 18.7 Å². The summed E-state index contributed by atoms with van der Waals surface area (Å²) in [5.41, 5.74) is 0.921. The molecule has 148 valence electrons. The first kappa shape index (κ1) is 21.0. The third kappa shape index (κ3) is 6.12. The second-order valence-electron chi connectivity index (χ2n) is 8.08. The zero-order valence-corrected chi connectivity index (χ0v) is 17.1. The van der Waals surface area contributed by atoms with E-state index in [1.165, 1.54) is 0 Å². The predicted octanol–water partition coefficient (Wildman–Crippen LogP) is 3.50. The summed E-state index contributed by atoms with van der Waals surface area (Å²) in [6.07, 6.45) is 4.90. The van der Waals surface area contributed by atoms with Crippen LogP contribution in [-0.2, 0) is 9.59 Å². The molecule has 1 aromatic carbocycles. The zero-order chi connectivity index (χ0) is 20.0. The Morgan fingerprint density at radius 1 is 1.19 bits per heavy atom. The highest BCUT2D eigenvalue weighted by atomic mass is 16.5. The molecule has 5 heteroatoms.